The van der Waals surface area contributed by atoms with Crippen LogP contribution >= 0.6 is 11.3 Å². The van der Waals surface area contributed by atoms with Crippen molar-refractivity contribution in [2.45, 2.75) is 19.9 Å². The summed E-state index contributed by atoms with van der Waals surface area (Å²) < 4.78 is 1.49. The normalized spacial score (nSPS) is 10.1. The van der Waals surface area contributed by atoms with Crippen molar-refractivity contribution in [3.8, 4) is 0 Å². The van der Waals surface area contributed by atoms with Crippen LogP contribution in [-0.4, -0.2) is 28.1 Å². The Kier molecular flexibility index (Phi) is 4.24. The molecule has 0 aliphatic heterocycles. The van der Waals surface area contributed by atoms with Crippen LogP contribution in [0.5, 0.6) is 0 Å². The predicted octanol–water partition coefficient (Wildman–Crippen LogP) is -0.191. The van der Waals surface area contributed by atoms with Gasteiger partial charge >= 0.3 is 10.8 Å². The van der Waals surface area contributed by atoms with Crippen molar-refractivity contribution in [1.82, 2.24) is 9.88 Å². The fourth-order valence-corrected chi connectivity index (χ4v) is 1.91. The summed E-state index contributed by atoms with van der Waals surface area (Å²) in [5.41, 5.74) is 0.807. The van der Waals surface area contributed by atoms with Crippen LogP contribution < -0.4 is 10.2 Å². The van der Waals surface area contributed by atoms with Gasteiger partial charge < -0.3 is 15.0 Å². The molecule has 0 radical (unpaired) electrons. The Morgan fingerprint density at radius 2 is 2.25 bits per heavy atom. The number of aliphatic carboxylic acids is 1. The van der Waals surface area contributed by atoms with Gasteiger partial charge in [0, 0.05) is 24.0 Å². The average Bonchev–Trinajstić information content (AvgIpc) is 2.53. The summed E-state index contributed by atoms with van der Waals surface area (Å²) >= 11 is 1.08. The van der Waals surface area contributed by atoms with Gasteiger partial charge in [-0.1, -0.05) is 11.3 Å². The minimum absolute atomic E-state index is 0.102. The molecule has 1 amide bonds. The standard InChI is InChI=1S/C9H12N2O4S/c1-6-5-16-9(15)11(6)3-2-7(12)10-4-8(13)14/h5H,2-4H2,1H3,(H,10,12)(H,13,14). The Hall–Kier alpha value is -1.63. The highest BCUT2D eigenvalue weighted by Crippen LogP contribution is 2.00. The maximum Gasteiger partial charge on any atom is 0.322 e. The SMILES string of the molecule is Cc1csc(=O)n1CCC(=O)NCC(=O)O. The van der Waals surface area contributed by atoms with Crippen LogP contribution in [0, 0.1) is 6.92 Å². The van der Waals surface area contributed by atoms with Crippen molar-refractivity contribution in [2.24, 2.45) is 0 Å². The zero-order valence-electron chi connectivity index (χ0n) is 8.73. The van der Waals surface area contributed by atoms with Gasteiger partial charge in [-0.05, 0) is 6.92 Å². The number of hydrogen-bond acceptors (Lipinski definition) is 4. The molecule has 1 aromatic heterocycles. The summed E-state index contributed by atoms with van der Waals surface area (Å²) in [4.78, 5) is 32.5. The van der Waals surface area contributed by atoms with Crippen molar-refractivity contribution in [3.63, 3.8) is 0 Å². The van der Waals surface area contributed by atoms with Crippen LogP contribution in [0.1, 0.15) is 12.1 Å². The second-order valence-corrected chi connectivity index (χ2v) is 4.04. The number of carboxylic acids is 1. The predicted molar refractivity (Wildman–Crippen MR) is 58.6 cm³/mol. The highest BCUT2D eigenvalue weighted by Gasteiger charge is 2.07. The minimum atomic E-state index is -1.09. The third-order valence-corrected chi connectivity index (χ3v) is 2.86. The highest BCUT2D eigenvalue weighted by molar-refractivity contribution is 7.07. The number of carboxylic acid groups (broad SMARTS) is 1. The third-order valence-electron chi connectivity index (χ3n) is 1.98. The number of thiazole rings is 1. The van der Waals surface area contributed by atoms with Crippen LogP contribution in [0.25, 0.3) is 0 Å². The van der Waals surface area contributed by atoms with Crippen LogP contribution in [0.4, 0.5) is 0 Å². The molecule has 7 heteroatoms. The van der Waals surface area contributed by atoms with E-state index in [2.05, 4.69) is 5.32 Å². The topological polar surface area (TPSA) is 88.4 Å². The number of nitrogens with zero attached hydrogens (tertiary/aromatic N) is 1. The summed E-state index contributed by atoms with van der Waals surface area (Å²) in [6.07, 6.45) is 0.102. The molecule has 6 nitrogen and oxygen atoms in total. The lowest BCUT2D eigenvalue weighted by Crippen LogP contribution is -2.30. The average molecular weight is 244 g/mol. The largest absolute Gasteiger partial charge is 0.480 e. The number of carbonyl (C=O) groups excluding carboxylic acids is 1. The van der Waals surface area contributed by atoms with Crippen molar-refractivity contribution in [1.29, 1.82) is 0 Å². The summed E-state index contributed by atoms with van der Waals surface area (Å²) in [6.45, 7) is 1.67. The number of aryl methyl sites for hydroxylation is 1. The van der Waals surface area contributed by atoms with E-state index < -0.39 is 12.5 Å². The number of aromatic nitrogens is 1. The maximum atomic E-state index is 11.3. The summed E-state index contributed by atoms with van der Waals surface area (Å²) in [5, 5.41) is 12.3. The zero-order chi connectivity index (χ0) is 12.1. The van der Waals surface area contributed by atoms with E-state index in [1.165, 1.54) is 4.57 Å². The van der Waals surface area contributed by atoms with Crippen LogP contribution in [0.3, 0.4) is 0 Å². The Morgan fingerprint density at radius 1 is 1.56 bits per heavy atom. The molecule has 0 saturated carbocycles. The van der Waals surface area contributed by atoms with E-state index in [1.807, 2.05) is 0 Å². The number of nitrogens with one attached hydrogen (secondary N) is 1. The zero-order valence-corrected chi connectivity index (χ0v) is 9.54. The van der Waals surface area contributed by atoms with E-state index in [-0.39, 0.29) is 23.7 Å². The van der Waals surface area contributed by atoms with Gasteiger partial charge in [0.2, 0.25) is 5.91 Å². The molecule has 1 heterocycles. The molecule has 2 N–H and O–H groups in total. The molecular formula is C9H12N2O4S. The molecule has 0 aliphatic rings. The lowest BCUT2D eigenvalue weighted by molar-refractivity contribution is -0.137. The van der Waals surface area contributed by atoms with E-state index in [1.54, 1.807) is 12.3 Å². The first-order valence-corrected chi connectivity index (χ1v) is 5.52. The van der Waals surface area contributed by atoms with Gasteiger partial charge in [0.05, 0.1) is 0 Å². The van der Waals surface area contributed by atoms with E-state index >= 15 is 0 Å². The smallest absolute Gasteiger partial charge is 0.322 e. The van der Waals surface area contributed by atoms with Gasteiger partial charge in [-0.3, -0.25) is 14.4 Å². The Balaban J connectivity index is 2.43. The third kappa shape index (κ3) is 3.50. The Labute approximate surface area is 95.5 Å². The first-order valence-electron chi connectivity index (χ1n) is 4.64. The molecule has 0 bridgehead atoms. The van der Waals surface area contributed by atoms with Gasteiger partial charge in [0.25, 0.3) is 0 Å². The Morgan fingerprint density at radius 3 is 2.75 bits per heavy atom. The van der Waals surface area contributed by atoms with Crippen molar-refractivity contribution < 1.29 is 14.7 Å². The number of rotatable bonds is 5. The van der Waals surface area contributed by atoms with Crippen LogP contribution in [0.2, 0.25) is 0 Å². The molecule has 88 valence electrons. The van der Waals surface area contributed by atoms with E-state index in [0.717, 1.165) is 17.0 Å². The molecule has 1 aromatic rings. The van der Waals surface area contributed by atoms with Gasteiger partial charge in [0.1, 0.15) is 6.54 Å². The quantitative estimate of drug-likeness (QED) is 0.751. The van der Waals surface area contributed by atoms with Crippen molar-refractivity contribution in [3.05, 3.63) is 20.7 Å². The number of carbonyl (C=O) groups is 2. The summed E-state index contributed by atoms with van der Waals surface area (Å²) in [7, 11) is 0. The molecule has 0 unspecified atom stereocenters. The van der Waals surface area contributed by atoms with Gasteiger partial charge in [0.15, 0.2) is 0 Å². The maximum absolute atomic E-state index is 11.3. The number of hydrogen-bond donors (Lipinski definition) is 2. The highest BCUT2D eigenvalue weighted by atomic mass is 32.1. The molecule has 0 fully saturated rings. The second kappa shape index (κ2) is 5.45. The van der Waals surface area contributed by atoms with E-state index in [4.69, 9.17) is 5.11 Å². The summed E-state index contributed by atoms with van der Waals surface area (Å²) in [6, 6.07) is 0. The molecule has 0 saturated heterocycles. The van der Waals surface area contributed by atoms with Gasteiger partial charge in [-0.25, -0.2) is 0 Å². The van der Waals surface area contributed by atoms with Crippen LogP contribution in [-0.2, 0) is 16.1 Å². The molecule has 16 heavy (non-hydrogen) atoms. The monoisotopic (exact) mass is 244 g/mol. The second-order valence-electron chi connectivity index (χ2n) is 3.22. The first-order chi connectivity index (χ1) is 7.50. The fraction of sp³-hybridized carbons (Fsp3) is 0.444. The lowest BCUT2D eigenvalue weighted by atomic mass is 10.3. The van der Waals surface area contributed by atoms with Gasteiger partial charge in [-0.2, -0.15) is 0 Å². The fourth-order valence-electron chi connectivity index (χ4n) is 1.15. The van der Waals surface area contributed by atoms with Crippen molar-refractivity contribution >= 4 is 23.2 Å². The molecule has 0 aromatic carbocycles. The minimum Gasteiger partial charge on any atom is -0.480 e. The van der Waals surface area contributed by atoms with E-state index in [0.29, 0.717) is 0 Å². The first kappa shape index (κ1) is 12.4. The van der Waals surface area contributed by atoms with Crippen LogP contribution in [0.15, 0.2) is 10.2 Å². The van der Waals surface area contributed by atoms with E-state index in [9.17, 15) is 14.4 Å². The Bertz CT molecular complexity index is 449. The van der Waals surface area contributed by atoms with Gasteiger partial charge in [-0.15, -0.1) is 0 Å². The summed E-state index contributed by atoms with van der Waals surface area (Å²) in [5.74, 6) is -1.46. The molecule has 0 atom stereocenters. The molecule has 0 aliphatic carbocycles. The molecular weight excluding hydrogens is 232 g/mol. The lowest BCUT2D eigenvalue weighted by Gasteiger charge is -2.04. The van der Waals surface area contributed by atoms with Crippen molar-refractivity contribution in [2.75, 3.05) is 6.54 Å². The number of amides is 1. The molecule has 0 spiro atoms. The molecule has 1 rings (SSSR count).